The highest BCUT2D eigenvalue weighted by atomic mass is 32.2. The zero-order valence-electron chi connectivity index (χ0n) is 15.2. The van der Waals surface area contributed by atoms with E-state index < -0.39 is 10.0 Å². The number of piperidine rings is 1. The predicted molar refractivity (Wildman–Crippen MR) is 102 cm³/mol. The summed E-state index contributed by atoms with van der Waals surface area (Å²) in [6, 6.07) is 3.54. The molecule has 0 saturated carbocycles. The third kappa shape index (κ3) is 5.04. The highest BCUT2D eigenvalue weighted by Gasteiger charge is 2.33. The van der Waals surface area contributed by atoms with Crippen LogP contribution in [-0.4, -0.2) is 93.2 Å². The summed E-state index contributed by atoms with van der Waals surface area (Å²) in [5.74, 6) is 0.00586. The van der Waals surface area contributed by atoms with Gasteiger partial charge >= 0.3 is 0 Å². The summed E-state index contributed by atoms with van der Waals surface area (Å²) in [5.41, 5.74) is 0. The van der Waals surface area contributed by atoms with E-state index in [0.717, 1.165) is 25.9 Å². The summed E-state index contributed by atoms with van der Waals surface area (Å²) in [7, 11) is -3.33. The van der Waals surface area contributed by atoms with E-state index in [0.29, 0.717) is 44.3 Å². The lowest BCUT2D eigenvalue weighted by Gasteiger charge is -2.39. The molecule has 1 atom stereocenters. The summed E-state index contributed by atoms with van der Waals surface area (Å²) in [6.45, 7) is 5.39. The Morgan fingerprint density at radius 1 is 1.35 bits per heavy atom. The van der Waals surface area contributed by atoms with Crippen molar-refractivity contribution < 1.29 is 17.9 Å². The van der Waals surface area contributed by atoms with Gasteiger partial charge in [0, 0.05) is 45.3 Å². The van der Waals surface area contributed by atoms with E-state index in [-0.39, 0.29) is 11.9 Å². The molecule has 2 fully saturated rings. The molecule has 1 aromatic rings. The average Bonchev–Trinajstić information content (AvgIpc) is 3.16. The van der Waals surface area contributed by atoms with Crippen molar-refractivity contribution in [3.8, 4) is 0 Å². The lowest BCUT2D eigenvalue weighted by atomic mass is 10.1. The van der Waals surface area contributed by atoms with Gasteiger partial charge in [-0.25, -0.2) is 8.42 Å². The van der Waals surface area contributed by atoms with Crippen molar-refractivity contribution in [2.24, 2.45) is 0 Å². The number of morpholine rings is 1. The van der Waals surface area contributed by atoms with E-state index >= 15 is 0 Å². The van der Waals surface area contributed by atoms with Crippen LogP contribution in [-0.2, 0) is 14.8 Å². The van der Waals surface area contributed by atoms with Crippen molar-refractivity contribution in [2.45, 2.75) is 18.9 Å². The number of amides is 1. The van der Waals surface area contributed by atoms with Crippen LogP contribution < -0.4 is 0 Å². The highest BCUT2D eigenvalue weighted by Crippen LogP contribution is 2.21. The number of nitrogens with zero attached hydrogens (tertiary/aromatic N) is 3. The molecule has 1 aromatic heterocycles. The minimum atomic E-state index is -3.33. The van der Waals surface area contributed by atoms with Gasteiger partial charge in [-0.3, -0.25) is 9.69 Å². The normalized spacial score (nSPS) is 22.7. The molecule has 2 aliphatic heterocycles. The third-order valence-corrected chi connectivity index (χ3v) is 7.18. The smallest absolute Gasteiger partial charge is 0.263 e. The molecule has 3 heterocycles. The van der Waals surface area contributed by atoms with Crippen LogP contribution in [0, 0.1) is 0 Å². The molecule has 0 aliphatic carbocycles. The average molecular weight is 402 g/mol. The summed E-state index contributed by atoms with van der Waals surface area (Å²) in [6.07, 6.45) is 2.89. The van der Waals surface area contributed by atoms with Crippen molar-refractivity contribution in [3.63, 3.8) is 0 Å². The maximum Gasteiger partial charge on any atom is 0.263 e. The maximum absolute atomic E-state index is 12.6. The molecular formula is C17H27N3O4S2. The Morgan fingerprint density at radius 3 is 2.77 bits per heavy atom. The molecule has 2 aliphatic rings. The van der Waals surface area contributed by atoms with E-state index in [9.17, 15) is 13.2 Å². The van der Waals surface area contributed by atoms with Crippen molar-refractivity contribution in [3.05, 3.63) is 22.4 Å². The highest BCUT2D eigenvalue weighted by molar-refractivity contribution is 7.88. The Hall–Kier alpha value is -1.00. The van der Waals surface area contributed by atoms with E-state index in [1.807, 2.05) is 17.5 Å². The van der Waals surface area contributed by atoms with Gasteiger partial charge < -0.3 is 9.64 Å². The van der Waals surface area contributed by atoms with Gasteiger partial charge in [-0.1, -0.05) is 6.07 Å². The number of carbonyl (C=O) groups is 1. The van der Waals surface area contributed by atoms with Crippen LogP contribution in [0.2, 0.25) is 0 Å². The fourth-order valence-electron chi connectivity index (χ4n) is 3.61. The number of likely N-dealkylation sites (tertiary alicyclic amines) is 1. The summed E-state index contributed by atoms with van der Waals surface area (Å²) in [5, 5.41) is 1.89. The molecule has 9 heteroatoms. The Labute approximate surface area is 159 Å². The topological polar surface area (TPSA) is 70.2 Å². The van der Waals surface area contributed by atoms with Gasteiger partial charge in [0.15, 0.2) is 0 Å². The number of ether oxygens (including phenoxy) is 1. The number of carbonyl (C=O) groups excluding carboxylic acids is 1. The Balaban J connectivity index is 1.64. The van der Waals surface area contributed by atoms with Gasteiger partial charge in [0.1, 0.15) is 0 Å². The van der Waals surface area contributed by atoms with E-state index in [1.54, 1.807) is 9.21 Å². The van der Waals surface area contributed by atoms with E-state index in [1.165, 1.54) is 17.6 Å². The fourth-order valence-corrected chi connectivity index (χ4v) is 5.43. The van der Waals surface area contributed by atoms with Crippen LogP contribution in [0.25, 0.3) is 0 Å². The molecule has 0 radical (unpaired) electrons. The molecule has 1 unspecified atom stereocenters. The molecule has 146 valence electrons. The van der Waals surface area contributed by atoms with Gasteiger partial charge in [-0.05, 0) is 24.3 Å². The van der Waals surface area contributed by atoms with Crippen LogP contribution in [0.15, 0.2) is 17.5 Å². The Morgan fingerprint density at radius 2 is 2.12 bits per heavy atom. The van der Waals surface area contributed by atoms with Crippen LogP contribution in [0.5, 0.6) is 0 Å². The van der Waals surface area contributed by atoms with E-state index in [2.05, 4.69) is 4.90 Å². The SMILES string of the molecule is CS(=O)(=O)N(CCN1CCOCC1)C1CCCN(C(=O)c2cccs2)C1. The monoisotopic (exact) mass is 401 g/mol. The number of hydrogen-bond donors (Lipinski definition) is 0. The summed E-state index contributed by atoms with van der Waals surface area (Å²) < 4.78 is 31.7. The lowest BCUT2D eigenvalue weighted by molar-refractivity contribution is 0.0334. The van der Waals surface area contributed by atoms with Gasteiger partial charge in [0.25, 0.3) is 5.91 Å². The fraction of sp³-hybridized carbons (Fsp3) is 0.706. The minimum Gasteiger partial charge on any atom is -0.379 e. The molecule has 2 saturated heterocycles. The molecule has 0 aromatic carbocycles. The first kappa shape index (κ1) is 19.8. The first-order valence-corrected chi connectivity index (χ1v) is 11.8. The second kappa shape index (κ2) is 8.79. The van der Waals surface area contributed by atoms with Crippen molar-refractivity contribution in [2.75, 3.05) is 58.7 Å². The molecule has 26 heavy (non-hydrogen) atoms. The third-order valence-electron chi connectivity index (χ3n) is 4.99. The van der Waals surface area contributed by atoms with Gasteiger partial charge in [-0.15, -0.1) is 11.3 Å². The Kier molecular flexibility index (Phi) is 6.68. The zero-order chi connectivity index (χ0) is 18.6. The number of thiophene rings is 1. The van der Waals surface area contributed by atoms with Gasteiger partial charge in [-0.2, -0.15) is 4.31 Å². The number of hydrogen-bond acceptors (Lipinski definition) is 6. The van der Waals surface area contributed by atoms with Crippen molar-refractivity contribution in [1.82, 2.24) is 14.1 Å². The van der Waals surface area contributed by atoms with Crippen molar-refractivity contribution in [1.29, 1.82) is 0 Å². The van der Waals surface area contributed by atoms with Crippen LogP contribution in [0.4, 0.5) is 0 Å². The molecular weight excluding hydrogens is 374 g/mol. The predicted octanol–water partition coefficient (Wildman–Crippen LogP) is 0.947. The first-order valence-electron chi connectivity index (χ1n) is 9.05. The number of rotatable bonds is 6. The Bertz CT molecular complexity index is 687. The lowest BCUT2D eigenvalue weighted by Crippen LogP contribution is -2.53. The molecule has 7 nitrogen and oxygen atoms in total. The van der Waals surface area contributed by atoms with Crippen LogP contribution >= 0.6 is 11.3 Å². The maximum atomic E-state index is 12.6. The summed E-state index contributed by atoms with van der Waals surface area (Å²) in [4.78, 5) is 17.4. The minimum absolute atomic E-state index is 0.00586. The second-order valence-electron chi connectivity index (χ2n) is 6.85. The van der Waals surface area contributed by atoms with Gasteiger partial charge in [0.05, 0.1) is 24.3 Å². The molecule has 1 amide bonds. The number of sulfonamides is 1. The second-order valence-corrected chi connectivity index (χ2v) is 9.73. The molecule has 0 bridgehead atoms. The largest absolute Gasteiger partial charge is 0.379 e. The molecule has 0 spiro atoms. The van der Waals surface area contributed by atoms with Gasteiger partial charge in [0.2, 0.25) is 10.0 Å². The quantitative estimate of drug-likeness (QED) is 0.710. The first-order chi connectivity index (χ1) is 12.4. The molecule has 3 rings (SSSR count). The van der Waals surface area contributed by atoms with E-state index in [4.69, 9.17) is 4.74 Å². The van der Waals surface area contributed by atoms with Crippen LogP contribution in [0.1, 0.15) is 22.5 Å². The summed E-state index contributed by atoms with van der Waals surface area (Å²) >= 11 is 1.43. The standard InChI is InChI=1S/C17H27N3O4S2/c1-26(22,23)20(8-7-18-9-11-24-12-10-18)15-4-2-6-19(14-15)17(21)16-5-3-13-25-16/h3,5,13,15H,2,4,6-12,14H2,1H3. The molecule has 0 N–H and O–H groups in total. The van der Waals surface area contributed by atoms with Crippen LogP contribution in [0.3, 0.4) is 0 Å². The van der Waals surface area contributed by atoms with Crippen molar-refractivity contribution >= 4 is 27.3 Å². The zero-order valence-corrected chi connectivity index (χ0v) is 16.8.